The second-order valence-electron chi connectivity index (χ2n) is 7.94. The molecule has 0 aromatic carbocycles. The van der Waals surface area contributed by atoms with Gasteiger partial charge < -0.3 is 24.4 Å². The van der Waals surface area contributed by atoms with Crippen LogP contribution >= 0.6 is 0 Å². The fraction of sp³-hybridized carbons (Fsp3) is 0.722. The Hall–Kier alpha value is -2.23. The monoisotopic (exact) mass is 400 g/mol. The van der Waals surface area contributed by atoms with E-state index in [9.17, 15) is 13.6 Å². The Morgan fingerprint density at radius 2 is 2.11 bits per heavy atom. The maximum atomic E-state index is 13.2. The molecule has 156 valence electrons. The fourth-order valence-electron chi connectivity index (χ4n) is 2.67. The summed E-state index contributed by atoms with van der Waals surface area (Å²) in [5, 5.41) is 2.73. The van der Waals surface area contributed by atoms with E-state index in [1.54, 1.807) is 7.11 Å². The number of nitrogens with one attached hydrogen (secondary N) is 1. The van der Waals surface area contributed by atoms with Gasteiger partial charge in [-0.1, -0.05) is 0 Å². The average molecular weight is 400 g/mol. The zero-order chi connectivity index (χ0) is 20.4. The summed E-state index contributed by atoms with van der Waals surface area (Å²) in [4.78, 5) is 21.9. The van der Waals surface area contributed by atoms with Crippen molar-refractivity contribution in [1.29, 1.82) is 0 Å². The fourth-order valence-corrected chi connectivity index (χ4v) is 2.67. The average Bonchev–Trinajstić information content (AvgIpc) is 3.40. The first-order chi connectivity index (χ1) is 13.2. The minimum absolute atomic E-state index is 0.0538. The lowest BCUT2D eigenvalue weighted by molar-refractivity contribution is -0.0270. The highest BCUT2D eigenvalue weighted by Crippen LogP contribution is 2.37. The number of carbonyl (C=O) groups excluding carboxylic acids is 1. The number of alkyl halides is 2. The van der Waals surface area contributed by atoms with Gasteiger partial charge in [0.1, 0.15) is 0 Å². The van der Waals surface area contributed by atoms with Crippen molar-refractivity contribution < 1.29 is 27.8 Å². The number of carbonyl (C=O) groups is 1. The van der Waals surface area contributed by atoms with Crippen LogP contribution in [0.1, 0.15) is 33.1 Å². The molecular formula is C18H26F2N4O4. The van der Waals surface area contributed by atoms with Crippen molar-refractivity contribution in [2.45, 2.75) is 44.6 Å². The molecule has 8 nitrogen and oxygen atoms in total. The Morgan fingerprint density at radius 1 is 1.39 bits per heavy atom. The van der Waals surface area contributed by atoms with Crippen molar-refractivity contribution in [2.24, 2.45) is 5.92 Å². The smallest absolute Gasteiger partial charge is 0.414 e. The predicted molar refractivity (Wildman–Crippen MR) is 97.1 cm³/mol. The number of hydrogen-bond donors (Lipinski definition) is 1. The molecule has 2 fully saturated rings. The van der Waals surface area contributed by atoms with Crippen LogP contribution in [0.5, 0.6) is 11.8 Å². The summed E-state index contributed by atoms with van der Waals surface area (Å²) in [6, 6.07) is 0. The Labute approximate surface area is 162 Å². The lowest BCUT2D eigenvalue weighted by atomic mass is 10.0. The van der Waals surface area contributed by atoms with Gasteiger partial charge in [0.25, 0.3) is 11.8 Å². The summed E-state index contributed by atoms with van der Waals surface area (Å²) >= 11 is 0. The lowest BCUT2D eigenvalue weighted by Gasteiger charge is -2.39. The molecule has 2 aliphatic rings. The van der Waals surface area contributed by atoms with E-state index in [1.165, 1.54) is 11.1 Å². The molecule has 0 bridgehead atoms. The van der Waals surface area contributed by atoms with E-state index in [1.807, 2.05) is 13.8 Å². The largest absolute Gasteiger partial charge is 0.475 e. The van der Waals surface area contributed by atoms with Crippen LogP contribution in [0.4, 0.5) is 19.4 Å². The second kappa shape index (κ2) is 8.02. The number of ether oxygens (including phenoxy) is 3. The summed E-state index contributed by atoms with van der Waals surface area (Å²) in [6.45, 7) is 3.74. The van der Waals surface area contributed by atoms with Crippen molar-refractivity contribution in [3.05, 3.63) is 6.20 Å². The highest BCUT2D eigenvalue weighted by molar-refractivity contribution is 5.70. The number of hydrogen-bond acceptors (Lipinski definition) is 7. The number of anilines is 1. The number of methoxy groups -OCH3 is 1. The van der Waals surface area contributed by atoms with Crippen molar-refractivity contribution in [3.8, 4) is 11.8 Å². The Balaban J connectivity index is 1.65. The lowest BCUT2D eigenvalue weighted by Crippen LogP contribution is -2.56. The highest BCUT2D eigenvalue weighted by atomic mass is 19.3. The molecule has 1 saturated carbocycles. The van der Waals surface area contributed by atoms with Crippen molar-refractivity contribution >= 4 is 11.9 Å². The quantitative estimate of drug-likeness (QED) is 0.682. The first kappa shape index (κ1) is 20.5. The Kier molecular flexibility index (Phi) is 5.87. The van der Waals surface area contributed by atoms with Gasteiger partial charge in [-0.25, -0.2) is 18.6 Å². The van der Waals surface area contributed by atoms with Crippen molar-refractivity contribution in [1.82, 2.24) is 15.3 Å². The first-order valence-electron chi connectivity index (χ1n) is 9.29. The van der Waals surface area contributed by atoms with Crippen LogP contribution in [0.25, 0.3) is 0 Å². The van der Waals surface area contributed by atoms with Gasteiger partial charge in [-0.15, -0.1) is 0 Å². The van der Waals surface area contributed by atoms with Gasteiger partial charge in [-0.2, -0.15) is 4.98 Å². The van der Waals surface area contributed by atoms with E-state index in [2.05, 4.69) is 15.3 Å². The molecule has 3 rings (SSSR count). The highest BCUT2D eigenvalue weighted by Gasteiger charge is 2.46. The third kappa shape index (κ3) is 5.63. The minimum atomic E-state index is -2.74. The number of halogens is 2. The van der Waals surface area contributed by atoms with Crippen LogP contribution in [-0.4, -0.2) is 60.9 Å². The maximum Gasteiger partial charge on any atom is 0.414 e. The second-order valence-corrected chi connectivity index (χ2v) is 7.94. The molecule has 28 heavy (non-hydrogen) atoms. The molecule has 1 aromatic rings. The third-order valence-electron chi connectivity index (χ3n) is 4.57. The molecule has 1 amide bonds. The van der Waals surface area contributed by atoms with E-state index in [4.69, 9.17) is 14.2 Å². The number of rotatable bonds is 9. The van der Waals surface area contributed by atoms with Gasteiger partial charge in [0.05, 0.1) is 25.9 Å². The zero-order valence-corrected chi connectivity index (χ0v) is 16.3. The molecule has 1 aliphatic heterocycles. The van der Waals surface area contributed by atoms with E-state index in [0.717, 1.165) is 12.8 Å². The summed E-state index contributed by atoms with van der Waals surface area (Å²) in [5.41, 5.74) is -0.533. The number of amides is 1. The summed E-state index contributed by atoms with van der Waals surface area (Å²) in [6.07, 6.45) is 3.28. The van der Waals surface area contributed by atoms with Gasteiger partial charge in [0.15, 0.2) is 5.82 Å². The normalized spacial score (nSPS) is 18.4. The van der Waals surface area contributed by atoms with Crippen molar-refractivity contribution in [3.63, 3.8) is 0 Å². The SMILES string of the molecule is COCCC(C)(C)NC(=O)Oc1cnc(N2CC(F)(F)C2)c(OCC2CC2)n1. The van der Waals surface area contributed by atoms with E-state index >= 15 is 0 Å². The van der Waals surface area contributed by atoms with Crippen LogP contribution in [0.2, 0.25) is 0 Å². The van der Waals surface area contributed by atoms with Crippen LogP contribution in [0.3, 0.4) is 0 Å². The third-order valence-corrected chi connectivity index (χ3v) is 4.57. The zero-order valence-electron chi connectivity index (χ0n) is 16.3. The van der Waals surface area contributed by atoms with Gasteiger partial charge in [0, 0.05) is 19.3 Å². The summed E-state index contributed by atoms with van der Waals surface area (Å²) < 4.78 is 42.3. The topological polar surface area (TPSA) is 85.8 Å². The van der Waals surface area contributed by atoms with Crippen LogP contribution < -0.4 is 19.7 Å². The molecule has 1 saturated heterocycles. The standard InChI is InChI=1S/C18H26F2N4O4/c1-17(2,6-7-26-3)23-16(25)28-13-8-21-14(24-10-18(19,20)11-24)15(22-13)27-9-12-4-5-12/h8,12H,4-7,9-11H2,1-3H3,(H,23,25). The van der Waals surface area contributed by atoms with Gasteiger partial charge in [-0.3, -0.25) is 0 Å². The predicted octanol–water partition coefficient (Wildman–Crippen LogP) is 2.62. The van der Waals surface area contributed by atoms with Crippen LogP contribution in [0, 0.1) is 5.92 Å². The van der Waals surface area contributed by atoms with Crippen LogP contribution in [-0.2, 0) is 4.74 Å². The van der Waals surface area contributed by atoms with Crippen molar-refractivity contribution in [2.75, 3.05) is 38.3 Å². The number of aromatic nitrogens is 2. The number of nitrogens with zero attached hydrogens (tertiary/aromatic N) is 3. The Morgan fingerprint density at radius 3 is 2.71 bits per heavy atom. The van der Waals surface area contributed by atoms with E-state index in [-0.39, 0.29) is 17.6 Å². The molecule has 0 spiro atoms. The molecule has 1 aliphatic carbocycles. The maximum absolute atomic E-state index is 13.2. The van der Waals surface area contributed by atoms with E-state index < -0.39 is 30.6 Å². The first-order valence-corrected chi connectivity index (χ1v) is 9.29. The van der Waals surface area contributed by atoms with Crippen LogP contribution in [0.15, 0.2) is 6.20 Å². The molecule has 0 unspecified atom stereocenters. The summed E-state index contributed by atoms with van der Waals surface area (Å²) in [7, 11) is 1.59. The molecular weight excluding hydrogens is 374 g/mol. The van der Waals surface area contributed by atoms with Gasteiger partial charge in [-0.05, 0) is 39.0 Å². The van der Waals surface area contributed by atoms with Gasteiger partial charge in [0.2, 0.25) is 5.88 Å². The molecule has 0 atom stereocenters. The summed E-state index contributed by atoms with van der Waals surface area (Å²) in [5.74, 6) is -2.01. The molecule has 2 heterocycles. The minimum Gasteiger partial charge on any atom is -0.475 e. The van der Waals surface area contributed by atoms with E-state index in [0.29, 0.717) is 25.6 Å². The van der Waals surface area contributed by atoms with Gasteiger partial charge >= 0.3 is 6.09 Å². The molecule has 0 radical (unpaired) electrons. The Bertz CT molecular complexity index is 705. The molecule has 1 aromatic heterocycles. The molecule has 10 heteroatoms. The molecule has 1 N–H and O–H groups in total.